The van der Waals surface area contributed by atoms with Crippen LogP contribution in [0.1, 0.15) is 29.6 Å². The van der Waals surface area contributed by atoms with Crippen molar-refractivity contribution in [2.45, 2.75) is 30.4 Å². The van der Waals surface area contributed by atoms with Crippen LogP contribution in [0.4, 0.5) is 17.6 Å². The van der Waals surface area contributed by atoms with Gasteiger partial charge >= 0.3 is 17.1 Å². The van der Waals surface area contributed by atoms with Gasteiger partial charge in [-0.1, -0.05) is 18.2 Å². The number of hydrogen-bond donors (Lipinski definition) is 1. The number of halogens is 4. The van der Waals surface area contributed by atoms with Gasteiger partial charge in [-0.25, -0.2) is 13.2 Å². The Labute approximate surface area is 126 Å². The fraction of sp³-hybridized carbons (Fsp3) is 0.462. The number of ether oxygens (including phenoxy) is 1. The van der Waals surface area contributed by atoms with Crippen molar-refractivity contribution in [3.63, 3.8) is 0 Å². The molecule has 0 saturated heterocycles. The lowest BCUT2D eigenvalue weighted by Crippen LogP contribution is -2.41. The fourth-order valence-corrected chi connectivity index (χ4v) is 1.93. The van der Waals surface area contributed by atoms with E-state index in [4.69, 9.17) is 4.74 Å². The second-order valence-electron chi connectivity index (χ2n) is 4.46. The summed E-state index contributed by atoms with van der Waals surface area (Å²) in [5.74, 6) is -5.30. The van der Waals surface area contributed by atoms with Gasteiger partial charge in [-0.05, 0) is 25.0 Å². The monoisotopic (exact) mass is 342 g/mol. The number of esters is 1. The third-order valence-corrected chi connectivity index (χ3v) is 3.58. The summed E-state index contributed by atoms with van der Waals surface area (Å²) in [6.45, 7) is -0.223. The van der Waals surface area contributed by atoms with E-state index in [0.717, 1.165) is 0 Å². The number of carbonyl (C=O) groups excluding carboxylic acids is 1. The second-order valence-corrected chi connectivity index (χ2v) is 5.54. The van der Waals surface area contributed by atoms with Gasteiger partial charge < -0.3 is 4.74 Å². The topological polar surface area (TPSA) is 60.4 Å². The number of benzene rings is 1. The smallest absolute Gasteiger partial charge is 0.404 e. The molecule has 1 aromatic rings. The Morgan fingerprint density at radius 2 is 1.64 bits per heavy atom. The van der Waals surface area contributed by atoms with Gasteiger partial charge in [-0.2, -0.15) is 17.6 Å². The molecule has 0 amide bonds. The van der Waals surface area contributed by atoms with Crippen molar-refractivity contribution in [3.05, 3.63) is 35.9 Å². The van der Waals surface area contributed by atoms with Crippen molar-refractivity contribution < 1.29 is 35.5 Å². The minimum absolute atomic E-state index is 0.0834. The van der Waals surface area contributed by atoms with Crippen molar-refractivity contribution in [3.8, 4) is 0 Å². The highest BCUT2D eigenvalue weighted by Crippen LogP contribution is 2.38. The zero-order chi connectivity index (χ0) is 16.8. The lowest BCUT2D eigenvalue weighted by Gasteiger charge is -2.21. The molecule has 1 rings (SSSR count). The molecule has 22 heavy (non-hydrogen) atoms. The summed E-state index contributed by atoms with van der Waals surface area (Å²) in [5.41, 5.74) is 0.280. The number of hydrogen-bond acceptors (Lipinski definition) is 4. The molecule has 0 aliphatic carbocycles. The normalized spacial score (nSPS) is 12.4. The molecule has 0 N–H and O–H groups in total. The molecule has 124 valence electrons. The zero-order valence-corrected chi connectivity index (χ0v) is 12.2. The maximum Gasteiger partial charge on any atom is 0.404 e. The predicted octanol–water partition coefficient (Wildman–Crippen LogP) is 2.85. The first-order valence-electron chi connectivity index (χ1n) is 6.31. The number of carbonyl (C=O) groups is 1. The van der Waals surface area contributed by atoms with Crippen LogP contribution in [0.5, 0.6) is 0 Å². The molecule has 0 unspecified atom stereocenters. The van der Waals surface area contributed by atoms with Gasteiger partial charge in [0.2, 0.25) is 10.7 Å². The first kappa shape index (κ1) is 18.4. The van der Waals surface area contributed by atoms with Gasteiger partial charge in [0.1, 0.15) is 0 Å². The maximum atomic E-state index is 13.1. The standard InChI is InChI=1S/C13H14F4O4S/c14-12(15,13(16,17)22(19)20)8-4-5-9-21-11(18)10-6-2-1-3-7-10/h1-3,6-7,22H,4-5,8-9H2. The number of rotatable bonds is 8. The average Bonchev–Trinajstić information content (AvgIpc) is 2.47. The molecule has 0 saturated carbocycles. The molecule has 0 aromatic heterocycles. The van der Waals surface area contributed by atoms with Gasteiger partial charge in [0.25, 0.3) is 0 Å². The Morgan fingerprint density at radius 1 is 1.05 bits per heavy atom. The van der Waals surface area contributed by atoms with Crippen LogP contribution in [0, 0.1) is 0 Å². The highest BCUT2D eigenvalue weighted by molar-refractivity contribution is 7.73. The van der Waals surface area contributed by atoms with Gasteiger partial charge in [-0.15, -0.1) is 0 Å². The van der Waals surface area contributed by atoms with Crippen LogP contribution in [0.15, 0.2) is 30.3 Å². The first-order chi connectivity index (χ1) is 10.2. The van der Waals surface area contributed by atoms with Crippen molar-refractivity contribution >= 4 is 16.7 Å². The molecule has 4 nitrogen and oxygen atoms in total. The zero-order valence-electron chi connectivity index (χ0n) is 11.3. The van der Waals surface area contributed by atoms with E-state index in [1.165, 1.54) is 12.1 Å². The molecule has 0 spiro atoms. The van der Waals surface area contributed by atoms with Gasteiger partial charge in [0.05, 0.1) is 12.2 Å². The number of alkyl halides is 4. The molecule has 0 radical (unpaired) electrons. The summed E-state index contributed by atoms with van der Waals surface area (Å²) in [6, 6.07) is 7.93. The third kappa shape index (κ3) is 4.69. The maximum absolute atomic E-state index is 13.1. The quantitative estimate of drug-likeness (QED) is 0.342. The van der Waals surface area contributed by atoms with E-state index < -0.39 is 40.7 Å². The van der Waals surface area contributed by atoms with E-state index in [1.54, 1.807) is 18.2 Å². The van der Waals surface area contributed by atoms with Gasteiger partial charge in [0.15, 0.2) is 0 Å². The Hall–Kier alpha value is -1.64. The molecule has 0 aliphatic heterocycles. The minimum atomic E-state index is -5.08. The molecule has 0 bridgehead atoms. The molecule has 0 heterocycles. The molecule has 9 heteroatoms. The van der Waals surface area contributed by atoms with Crippen molar-refractivity contribution in [1.82, 2.24) is 0 Å². The third-order valence-electron chi connectivity index (χ3n) is 2.80. The molecule has 1 aromatic carbocycles. The SMILES string of the molecule is O=C(OCCCCC(F)(F)C(F)(F)[SH](=O)=O)c1ccccc1. The Bertz CT molecular complexity index is 565. The Kier molecular flexibility index (Phi) is 6.34. The average molecular weight is 342 g/mol. The van der Waals surface area contributed by atoms with E-state index >= 15 is 0 Å². The lowest BCUT2D eigenvalue weighted by atomic mass is 10.1. The minimum Gasteiger partial charge on any atom is -0.462 e. The van der Waals surface area contributed by atoms with E-state index in [9.17, 15) is 30.8 Å². The summed E-state index contributed by atoms with van der Waals surface area (Å²) in [4.78, 5) is 11.5. The Balaban J connectivity index is 2.35. The number of thiol groups is 1. The van der Waals surface area contributed by atoms with Crippen LogP contribution in [0.3, 0.4) is 0 Å². The van der Waals surface area contributed by atoms with Crippen LogP contribution in [0.25, 0.3) is 0 Å². The number of unbranched alkanes of at least 4 members (excludes halogenated alkanes) is 1. The highest BCUT2D eigenvalue weighted by Gasteiger charge is 2.58. The van der Waals surface area contributed by atoms with E-state index in [1.807, 2.05) is 0 Å². The summed E-state index contributed by atoms with van der Waals surface area (Å²) >= 11 is 0. The summed E-state index contributed by atoms with van der Waals surface area (Å²) in [6.07, 6.45) is -1.81. The van der Waals surface area contributed by atoms with Crippen LogP contribution < -0.4 is 0 Å². The predicted molar refractivity (Wildman–Crippen MR) is 70.8 cm³/mol. The van der Waals surface area contributed by atoms with Crippen LogP contribution in [0.2, 0.25) is 0 Å². The van der Waals surface area contributed by atoms with Crippen LogP contribution in [-0.4, -0.2) is 32.2 Å². The van der Waals surface area contributed by atoms with E-state index in [0.29, 0.717) is 0 Å². The summed E-state index contributed by atoms with van der Waals surface area (Å²) in [7, 11) is -4.57. The molecule has 0 atom stereocenters. The van der Waals surface area contributed by atoms with Gasteiger partial charge in [0, 0.05) is 6.42 Å². The second kappa shape index (κ2) is 7.57. The largest absolute Gasteiger partial charge is 0.462 e. The van der Waals surface area contributed by atoms with Crippen LogP contribution >= 0.6 is 0 Å². The van der Waals surface area contributed by atoms with Crippen molar-refractivity contribution in [2.24, 2.45) is 0 Å². The van der Waals surface area contributed by atoms with Crippen molar-refractivity contribution in [2.75, 3.05) is 6.61 Å². The van der Waals surface area contributed by atoms with E-state index in [2.05, 4.69) is 0 Å². The molecule has 0 aliphatic rings. The van der Waals surface area contributed by atoms with Gasteiger partial charge in [-0.3, -0.25) is 0 Å². The molecular formula is C13H14F4O4S. The highest BCUT2D eigenvalue weighted by atomic mass is 32.2. The lowest BCUT2D eigenvalue weighted by molar-refractivity contribution is -0.159. The van der Waals surface area contributed by atoms with E-state index in [-0.39, 0.29) is 18.6 Å². The van der Waals surface area contributed by atoms with Crippen molar-refractivity contribution in [1.29, 1.82) is 0 Å². The Morgan fingerprint density at radius 3 is 2.18 bits per heavy atom. The molecule has 0 fully saturated rings. The van der Waals surface area contributed by atoms with Crippen LogP contribution in [-0.2, 0) is 15.4 Å². The molecular weight excluding hydrogens is 328 g/mol. The summed E-state index contributed by atoms with van der Waals surface area (Å²) in [5, 5.41) is -5.08. The fourth-order valence-electron chi connectivity index (χ4n) is 1.56. The summed E-state index contributed by atoms with van der Waals surface area (Å²) < 4.78 is 76.7. The first-order valence-corrected chi connectivity index (χ1v) is 7.48.